The number of amides is 1. The Kier molecular flexibility index (Phi) is 9.95. The number of anilines is 1. The van der Waals surface area contributed by atoms with Gasteiger partial charge >= 0.3 is 0 Å². The van der Waals surface area contributed by atoms with Crippen LogP contribution >= 0.6 is 0 Å². The van der Waals surface area contributed by atoms with E-state index in [9.17, 15) is 26.4 Å². The van der Waals surface area contributed by atoms with Crippen molar-refractivity contribution in [3.8, 4) is 0 Å². The largest absolute Gasteiger partial charge is 0.379 e. The van der Waals surface area contributed by atoms with E-state index in [2.05, 4.69) is 20.9 Å². The Labute approximate surface area is 253 Å². The number of sulfonamides is 1. The van der Waals surface area contributed by atoms with E-state index in [1.807, 2.05) is 0 Å². The number of carbonyl (C=O) groups is 1. The van der Waals surface area contributed by atoms with E-state index >= 15 is 4.39 Å². The maximum Gasteiger partial charge on any atom is 0.234 e. The number of carbonyl (C=O) groups excluding carboxylic acids is 1. The number of aromatic nitrogens is 1. The first kappa shape index (κ1) is 32.0. The summed E-state index contributed by atoms with van der Waals surface area (Å²) in [6.45, 7) is 2.03. The highest BCUT2D eigenvalue weighted by atomic mass is 32.2. The van der Waals surface area contributed by atoms with Crippen LogP contribution in [0.4, 0.5) is 23.2 Å². The molecule has 9 nitrogen and oxygen atoms in total. The van der Waals surface area contributed by atoms with Crippen molar-refractivity contribution in [2.45, 2.75) is 30.1 Å². The average Bonchev–Trinajstić information content (AvgIpc) is 3.00. The van der Waals surface area contributed by atoms with Crippen molar-refractivity contribution in [1.82, 2.24) is 19.9 Å². The molecule has 0 aliphatic carbocycles. The van der Waals surface area contributed by atoms with Gasteiger partial charge in [-0.3, -0.25) is 15.1 Å². The second kappa shape index (κ2) is 13.7. The molecule has 2 aliphatic heterocycles. The van der Waals surface area contributed by atoms with Crippen molar-refractivity contribution in [3.05, 3.63) is 94.8 Å². The van der Waals surface area contributed by atoms with Crippen LogP contribution in [0.2, 0.25) is 0 Å². The van der Waals surface area contributed by atoms with Gasteiger partial charge in [-0.2, -0.15) is 4.31 Å². The van der Waals surface area contributed by atoms with Gasteiger partial charge in [-0.15, -0.1) is 0 Å². The molecule has 14 heteroatoms. The molecule has 2 aliphatic rings. The van der Waals surface area contributed by atoms with Gasteiger partial charge in [0.2, 0.25) is 15.9 Å². The highest BCUT2D eigenvalue weighted by Gasteiger charge is 2.48. The third-order valence-corrected chi connectivity index (χ3v) is 10.5. The van der Waals surface area contributed by atoms with Crippen LogP contribution in [0.3, 0.4) is 0 Å². The molecule has 2 aromatic carbocycles. The summed E-state index contributed by atoms with van der Waals surface area (Å²) in [5.74, 6) is -4.40. The number of hydrogen-bond acceptors (Lipinski definition) is 7. The molecule has 1 aromatic heterocycles. The Morgan fingerprint density at radius 3 is 2.34 bits per heavy atom. The topological polar surface area (TPSA) is 113 Å². The van der Waals surface area contributed by atoms with Gasteiger partial charge in [-0.05, 0) is 48.2 Å². The van der Waals surface area contributed by atoms with Crippen LogP contribution < -0.4 is 16.0 Å². The number of hydrogen-bond donors (Lipinski definition) is 3. The summed E-state index contributed by atoms with van der Waals surface area (Å²) in [5.41, 5.74) is 0.705. The molecule has 0 spiro atoms. The van der Waals surface area contributed by atoms with Crippen molar-refractivity contribution in [1.29, 1.82) is 0 Å². The van der Waals surface area contributed by atoms with E-state index in [0.29, 0.717) is 24.7 Å². The second-order valence-corrected chi connectivity index (χ2v) is 13.1. The Hall–Kier alpha value is -3.43. The van der Waals surface area contributed by atoms with Crippen LogP contribution in [0.25, 0.3) is 0 Å². The molecule has 2 fully saturated rings. The SMILES string of the molecule is O=C(C[C@@H](c1ccc(F)cc1)c1cc(F)cc(F)c1)Nc1cncc(F)c1CC[C@]1(S(=O)(=O)N2CCOCC2)CNCCN1. The van der Waals surface area contributed by atoms with Crippen molar-refractivity contribution in [2.75, 3.05) is 51.3 Å². The predicted octanol–water partition coefficient (Wildman–Crippen LogP) is 3.28. The van der Waals surface area contributed by atoms with Gasteiger partial charge in [-0.1, -0.05) is 12.1 Å². The van der Waals surface area contributed by atoms with Gasteiger partial charge in [-0.25, -0.2) is 26.0 Å². The molecule has 3 heterocycles. The van der Waals surface area contributed by atoms with E-state index in [0.717, 1.165) is 18.3 Å². The number of rotatable bonds is 10. The number of pyridine rings is 1. The molecule has 0 saturated carbocycles. The van der Waals surface area contributed by atoms with E-state index in [4.69, 9.17) is 4.74 Å². The smallest absolute Gasteiger partial charge is 0.234 e. The lowest BCUT2D eigenvalue weighted by atomic mass is 9.88. The highest BCUT2D eigenvalue weighted by Crippen LogP contribution is 2.32. The molecule has 0 bridgehead atoms. The Balaban J connectivity index is 1.38. The molecule has 44 heavy (non-hydrogen) atoms. The minimum atomic E-state index is -3.89. The molecule has 3 N–H and O–H groups in total. The summed E-state index contributed by atoms with van der Waals surface area (Å²) in [6, 6.07) is 8.10. The van der Waals surface area contributed by atoms with E-state index in [-0.39, 0.29) is 68.9 Å². The molecule has 236 valence electrons. The second-order valence-electron chi connectivity index (χ2n) is 10.8. The van der Waals surface area contributed by atoms with Gasteiger partial charge in [0.05, 0.1) is 31.3 Å². The molecule has 1 amide bonds. The quantitative estimate of drug-likeness (QED) is 0.293. The number of benzene rings is 2. The first-order valence-electron chi connectivity index (χ1n) is 14.2. The minimum Gasteiger partial charge on any atom is -0.379 e. The van der Waals surface area contributed by atoms with Crippen LogP contribution in [0, 0.1) is 23.3 Å². The van der Waals surface area contributed by atoms with E-state index in [1.54, 1.807) is 0 Å². The van der Waals surface area contributed by atoms with Crippen molar-refractivity contribution in [2.24, 2.45) is 0 Å². The van der Waals surface area contributed by atoms with E-state index in [1.165, 1.54) is 34.8 Å². The number of nitrogens with zero attached hydrogens (tertiary/aromatic N) is 2. The zero-order valence-corrected chi connectivity index (χ0v) is 24.6. The summed E-state index contributed by atoms with van der Waals surface area (Å²) in [7, 11) is -3.89. The van der Waals surface area contributed by atoms with Gasteiger partial charge in [0.25, 0.3) is 0 Å². The number of morpholine rings is 1. The summed E-state index contributed by atoms with van der Waals surface area (Å²) in [6.07, 6.45) is 1.87. The molecule has 3 aromatic rings. The first-order chi connectivity index (χ1) is 21.1. The zero-order valence-electron chi connectivity index (χ0n) is 23.8. The predicted molar refractivity (Wildman–Crippen MR) is 155 cm³/mol. The van der Waals surface area contributed by atoms with Crippen LogP contribution in [0.5, 0.6) is 0 Å². The highest BCUT2D eigenvalue weighted by molar-refractivity contribution is 7.90. The fraction of sp³-hybridized carbons (Fsp3) is 0.400. The molecular formula is C30H33F4N5O4S. The number of piperazine rings is 1. The molecule has 0 radical (unpaired) electrons. The maximum absolute atomic E-state index is 15.2. The molecule has 2 atom stereocenters. The summed E-state index contributed by atoms with van der Waals surface area (Å²) in [4.78, 5) is 15.8. The number of nitrogens with one attached hydrogen (secondary N) is 3. The Morgan fingerprint density at radius 1 is 0.977 bits per heavy atom. The lowest BCUT2D eigenvalue weighted by Crippen LogP contribution is -2.67. The molecule has 5 rings (SSSR count). The van der Waals surface area contributed by atoms with Crippen LogP contribution in [-0.2, 0) is 26.0 Å². The lowest BCUT2D eigenvalue weighted by molar-refractivity contribution is -0.116. The third kappa shape index (κ3) is 7.10. The van der Waals surface area contributed by atoms with Crippen molar-refractivity contribution in [3.63, 3.8) is 0 Å². The fourth-order valence-corrected chi connectivity index (χ4v) is 7.74. The van der Waals surface area contributed by atoms with Gasteiger partial charge in [0.1, 0.15) is 28.1 Å². The van der Waals surface area contributed by atoms with Crippen molar-refractivity contribution >= 4 is 21.6 Å². The van der Waals surface area contributed by atoms with Gasteiger partial charge < -0.3 is 15.4 Å². The summed E-state index contributed by atoms with van der Waals surface area (Å²) >= 11 is 0. The monoisotopic (exact) mass is 635 g/mol. The summed E-state index contributed by atoms with van der Waals surface area (Å²) < 4.78 is 91.4. The molecular weight excluding hydrogens is 602 g/mol. The maximum atomic E-state index is 15.2. The van der Waals surface area contributed by atoms with Crippen LogP contribution in [-0.4, -0.2) is 74.4 Å². The lowest BCUT2D eigenvalue weighted by Gasteiger charge is -2.42. The zero-order chi connectivity index (χ0) is 31.3. The van der Waals surface area contributed by atoms with Crippen molar-refractivity contribution < 1.29 is 35.5 Å². The van der Waals surface area contributed by atoms with Gasteiger partial charge in [0, 0.05) is 56.7 Å². The molecule has 2 saturated heterocycles. The average molecular weight is 636 g/mol. The fourth-order valence-electron chi connectivity index (χ4n) is 5.69. The molecule has 0 unspecified atom stereocenters. The first-order valence-corrected chi connectivity index (χ1v) is 15.7. The Bertz CT molecular complexity index is 1560. The standard InChI is InChI=1S/C30H33F4N5O4S/c31-22-3-1-20(2-4-22)26(21-13-23(32)15-24(33)14-21)16-29(40)38-28-18-36-17-27(34)25(28)5-6-30(19-35-7-8-37-30)44(41,42)39-9-11-43-12-10-39/h1-4,13-15,17-18,26,35,37H,5-12,16,19H2,(H,38,40)/t26-,30-/m0/s1. The summed E-state index contributed by atoms with van der Waals surface area (Å²) in [5, 5.41) is 8.93. The number of ether oxygens (including phenoxy) is 1. The van der Waals surface area contributed by atoms with Crippen LogP contribution in [0.1, 0.15) is 35.4 Å². The van der Waals surface area contributed by atoms with E-state index < -0.39 is 50.0 Å². The normalized spacial score (nSPS) is 20.3. The van der Waals surface area contributed by atoms with Gasteiger partial charge in [0.15, 0.2) is 0 Å². The van der Waals surface area contributed by atoms with Crippen LogP contribution in [0.15, 0.2) is 54.9 Å². The Morgan fingerprint density at radius 2 is 1.68 bits per heavy atom. The minimum absolute atomic E-state index is 0.00965. The third-order valence-electron chi connectivity index (χ3n) is 7.97. The number of halogens is 4.